The van der Waals surface area contributed by atoms with E-state index in [1.165, 1.54) is 18.2 Å². The number of carbonyl (C=O) groups is 1. The van der Waals surface area contributed by atoms with Crippen LogP contribution in [0.25, 0.3) is 0 Å². The predicted molar refractivity (Wildman–Crippen MR) is 98.3 cm³/mol. The molecular formula is C21H22F2N2O2. The average Bonchev–Trinajstić information content (AvgIpc) is 2.64. The minimum absolute atomic E-state index is 0.123. The van der Waals surface area contributed by atoms with Gasteiger partial charge in [-0.05, 0) is 48.7 Å². The van der Waals surface area contributed by atoms with E-state index in [4.69, 9.17) is 4.74 Å². The first kappa shape index (κ1) is 18.1. The summed E-state index contributed by atoms with van der Waals surface area (Å²) < 4.78 is 32.6. The van der Waals surface area contributed by atoms with Gasteiger partial charge in [0.2, 0.25) is 0 Å². The first-order valence-corrected chi connectivity index (χ1v) is 9.13. The van der Waals surface area contributed by atoms with E-state index in [-0.39, 0.29) is 17.5 Å². The van der Waals surface area contributed by atoms with Gasteiger partial charge in [0.25, 0.3) is 5.91 Å². The number of methoxy groups -OCH3 is 1. The third kappa shape index (κ3) is 3.13. The molecule has 1 amide bonds. The van der Waals surface area contributed by atoms with E-state index in [1.807, 2.05) is 6.07 Å². The summed E-state index contributed by atoms with van der Waals surface area (Å²) in [5, 5.41) is 0. The van der Waals surface area contributed by atoms with Crippen molar-refractivity contribution in [1.29, 1.82) is 0 Å². The fourth-order valence-corrected chi connectivity index (χ4v) is 4.42. The molecular weight excluding hydrogens is 350 g/mol. The Morgan fingerprint density at radius 2 is 1.74 bits per heavy atom. The lowest BCUT2D eigenvalue weighted by Crippen LogP contribution is -2.77. The molecule has 2 aliphatic heterocycles. The van der Waals surface area contributed by atoms with Crippen LogP contribution in [-0.2, 0) is 16.1 Å². The molecule has 27 heavy (non-hydrogen) atoms. The van der Waals surface area contributed by atoms with Crippen LogP contribution in [0.2, 0.25) is 0 Å². The van der Waals surface area contributed by atoms with Crippen LogP contribution in [0.1, 0.15) is 18.4 Å². The molecule has 0 radical (unpaired) electrons. The molecule has 1 spiro atoms. The molecule has 2 aromatic rings. The maximum atomic E-state index is 13.7. The number of hydrogen-bond acceptors (Lipinski definition) is 3. The van der Waals surface area contributed by atoms with E-state index < -0.39 is 11.6 Å². The molecule has 0 aromatic heterocycles. The highest BCUT2D eigenvalue weighted by Crippen LogP contribution is 2.45. The molecule has 6 heteroatoms. The first-order chi connectivity index (χ1) is 13.0. The largest absolute Gasteiger partial charge is 0.369 e. The Balaban J connectivity index is 1.51. The number of likely N-dealkylation sites (tertiary alicyclic amines) is 1. The lowest BCUT2D eigenvalue weighted by Gasteiger charge is -2.59. The lowest BCUT2D eigenvalue weighted by molar-refractivity contribution is -0.151. The summed E-state index contributed by atoms with van der Waals surface area (Å²) in [7, 11) is 1.55. The summed E-state index contributed by atoms with van der Waals surface area (Å²) in [6.45, 7) is 2.18. The Morgan fingerprint density at radius 3 is 2.37 bits per heavy atom. The number of anilines is 1. The van der Waals surface area contributed by atoms with Gasteiger partial charge in [0, 0.05) is 32.4 Å². The summed E-state index contributed by atoms with van der Waals surface area (Å²) in [5.74, 6) is -0.719. The van der Waals surface area contributed by atoms with Crippen LogP contribution in [-0.4, -0.2) is 42.6 Å². The van der Waals surface area contributed by atoms with Crippen molar-refractivity contribution in [1.82, 2.24) is 4.90 Å². The molecule has 2 fully saturated rings. The predicted octanol–water partition coefficient (Wildman–Crippen LogP) is 3.36. The van der Waals surface area contributed by atoms with Crippen molar-refractivity contribution in [3.63, 3.8) is 0 Å². The second-order valence-corrected chi connectivity index (χ2v) is 7.28. The van der Waals surface area contributed by atoms with Gasteiger partial charge < -0.3 is 9.64 Å². The van der Waals surface area contributed by atoms with E-state index in [0.29, 0.717) is 12.2 Å². The van der Waals surface area contributed by atoms with E-state index in [9.17, 15) is 13.6 Å². The molecule has 2 aromatic carbocycles. The van der Waals surface area contributed by atoms with Gasteiger partial charge in [0.05, 0.1) is 5.54 Å². The zero-order valence-electron chi connectivity index (χ0n) is 15.2. The van der Waals surface area contributed by atoms with Gasteiger partial charge >= 0.3 is 0 Å². The van der Waals surface area contributed by atoms with Crippen molar-refractivity contribution in [2.45, 2.75) is 31.0 Å². The monoisotopic (exact) mass is 372 g/mol. The minimum atomic E-state index is -0.503. The maximum Gasteiger partial charge on any atom is 0.259 e. The number of nitrogens with zero attached hydrogens (tertiary/aromatic N) is 2. The summed E-state index contributed by atoms with van der Waals surface area (Å²) in [6.07, 6.45) is 0.948. The Kier molecular flexibility index (Phi) is 4.70. The molecule has 2 saturated heterocycles. The van der Waals surface area contributed by atoms with E-state index >= 15 is 0 Å². The Bertz CT molecular complexity index is 850. The highest BCUT2D eigenvalue weighted by atomic mass is 19.1. The van der Waals surface area contributed by atoms with Gasteiger partial charge in [-0.2, -0.15) is 0 Å². The molecule has 1 atom stereocenters. The number of halogens is 2. The van der Waals surface area contributed by atoms with Gasteiger partial charge in [0.15, 0.2) is 6.10 Å². The van der Waals surface area contributed by atoms with Crippen LogP contribution in [0.4, 0.5) is 14.5 Å². The zero-order chi connectivity index (χ0) is 19.0. The number of β-lactam (4-membered cyclic amide) rings is 1. The SMILES string of the molecule is COC1C(=O)N(c2cccc(F)c2)C12CCN(Cc1cccc(F)c1)CC2. The van der Waals surface area contributed by atoms with Crippen molar-refractivity contribution in [2.24, 2.45) is 0 Å². The molecule has 0 aliphatic carbocycles. The van der Waals surface area contributed by atoms with Crippen LogP contribution in [0.15, 0.2) is 48.5 Å². The lowest BCUT2D eigenvalue weighted by atomic mass is 9.72. The molecule has 4 rings (SSSR count). The second kappa shape index (κ2) is 7.02. The van der Waals surface area contributed by atoms with Crippen molar-refractivity contribution in [2.75, 3.05) is 25.1 Å². The molecule has 142 valence electrons. The third-order valence-electron chi connectivity index (χ3n) is 5.70. The van der Waals surface area contributed by atoms with Crippen LogP contribution in [0.5, 0.6) is 0 Å². The number of rotatable bonds is 4. The number of ether oxygens (including phenoxy) is 1. The van der Waals surface area contributed by atoms with Gasteiger partial charge in [-0.3, -0.25) is 9.69 Å². The fraction of sp³-hybridized carbons (Fsp3) is 0.381. The van der Waals surface area contributed by atoms with Gasteiger partial charge in [-0.1, -0.05) is 18.2 Å². The second-order valence-electron chi connectivity index (χ2n) is 7.28. The number of piperidine rings is 1. The summed E-state index contributed by atoms with van der Waals surface area (Å²) in [5.41, 5.74) is 1.06. The zero-order valence-corrected chi connectivity index (χ0v) is 15.2. The maximum absolute atomic E-state index is 13.7. The molecule has 0 N–H and O–H groups in total. The van der Waals surface area contributed by atoms with E-state index in [2.05, 4.69) is 4.90 Å². The highest BCUT2D eigenvalue weighted by molar-refractivity contribution is 6.06. The Labute approximate surface area is 157 Å². The van der Waals surface area contributed by atoms with Crippen molar-refractivity contribution < 1.29 is 18.3 Å². The number of benzene rings is 2. The molecule has 0 bridgehead atoms. The standard InChI is InChI=1S/C21H22F2N2O2/c1-27-19-20(26)25(18-7-3-6-17(23)13-18)21(19)8-10-24(11-9-21)14-15-4-2-5-16(22)12-15/h2-7,12-13,19H,8-11,14H2,1H3. The van der Waals surface area contributed by atoms with Crippen molar-refractivity contribution >= 4 is 11.6 Å². The normalized spacial score (nSPS) is 22.1. The number of carbonyl (C=O) groups excluding carboxylic acids is 1. The minimum Gasteiger partial charge on any atom is -0.369 e. The average molecular weight is 372 g/mol. The highest BCUT2D eigenvalue weighted by Gasteiger charge is 2.61. The van der Waals surface area contributed by atoms with Gasteiger partial charge in [-0.25, -0.2) is 8.78 Å². The quantitative estimate of drug-likeness (QED) is 0.772. The topological polar surface area (TPSA) is 32.8 Å². The van der Waals surface area contributed by atoms with Crippen molar-refractivity contribution in [3.8, 4) is 0 Å². The van der Waals surface area contributed by atoms with Crippen molar-refractivity contribution in [3.05, 3.63) is 65.7 Å². The third-order valence-corrected chi connectivity index (χ3v) is 5.70. The fourth-order valence-electron chi connectivity index (χ4n) is 4.42. The summed E-state index contributed by atoms with van der Waals surface area (Å²) in [4.78, 5) is 16.6. The van der Waals surface area contributed by atoms with Crippen LogP contribution < -0.4 is 4.90 Å². The van der Waals surface area contributed by atoms with Gasteiger partial charge in [0.1, 0.15) is 11.6 Å². The molecule has 1 unspecified atom stereocenters. The van der Waals surface area contributed by atoms with Gasteiger partial charge in [-0.15, -0.1) is 0 Å². The van der Waals surface area contributed by atoms with Crippen LogP contribution in [0.3, 0.4) is 0 Å². The molecule has 2 aliphatic rings. The summed E-state index contributed by atoms with van der Waals surface area (Å²) in [6, 6.07) is 12.8. The smallest absolute Gasteiger partial charge is 0.259 e. The first-order valence-electron chi connectivity index (χ1n) is 9.13. The van der Waals surface area contributed by atoms with E-state index in [0.717, 1.165) is 31.5 Å². The Morgan fingerprint density at radius 1 is 1.07 bits per heavy atom. The molecule has 4 nitrogen and oxygen atoms in total. The molecule has 0 saturated carbocycles. The Hall–Kier alpha value is -2.31. The van der Waals surface area contributed by atoms with Crippen LogP contribution in [0, 0.1) is 11.6 Å². The van der Waals surface area contributed by atoms with E-state index in [1.54, 1.807) is 36.3 Å². The molecule has 2 heterocycles. The number of hydrogen-bond donors (Lipinski definition) is 0. The van der Waals surface area contributed by atoms with Crippen LogP contribution >= 0.6 is 0 Å². The number of amides is 1. The summed E-state index contributed by atoms with van der Waals surface area (Å²) >= 11 is 0.